The van der Waals surface area contributed by atoms with Gasteiger partial charge in [-0.15, -0.1) is 0 Å². The van der Waals surface area contributed by atoms with E-state index in [1.165, 1.54) is 25.3 Å². The van der Waals surface area contributed by atoms with Gasteiger partial charge in [0.2, 0.25) is 0 Å². The lowest BCUT2D eigenvalue weighted by Gasteiger charge is -2.29. The van der Waals surface area contributed by atoms with Crippen molar-refractivity contribution >= 4 is 17.4 Å². The zero-order valence-corrected chi connectivity index (χ0v) is 15.0. The van der Waals surface area contributed by atoms with Crippen molar-refractivity contribution in [2.75, 3.05) is 12.4 Å². The van der Waals surface area contributed by atoms with Crippen LogP contribution in [0.5, 0.6) is 0 Å². The van der Waals surface area contributed by atoms with E-state index in [4.69, 9.17) is 4.74 Å². The number of nitrogens with one attached hydrogen (secondary N) is 1. The second-order valence-electron chi connectivity index (χ2n) is 6.50. The first-order valence-corrected chi connectivity index (χ1v) is 8.61. The molecule has 0 spiro atoms. The van der Waals surface area contributed by atoms with Crippen molar-refractivity contribution < 1.29 is 27.5 Å². The standard InChI is InChI=1S/C21H18F3NO3/c1-28-20(27)19-17(13-6-3-2-4-7-13)11-16(12-18(19)26)25-15-9-5-8-14(10-15)21(22,23)24/h2-10,12,17,19,25H,11H2,1H3/t17-,19-/m1/s1. The second kappa shape index (κ2) is 7.88. The SMILES string of the molecule is COC(=O)[C@H]1C(=O)C=C(Nc2cccc(C(F)(F)F)c2)C[C@@H]1c1ccccc1. The smallest absolute Gasteiger partial charge is 0.416 e. The highest BCUT2D eigenvalue weighted by molar-refractivity contribution is 6.07. The molecule has 1 aliphatic rings. The van der Waals surface area contributed by atoms with Crippen LogP contribution in [0.25, 0.3) is 0 Å². The van der Waals surface area contributed by atoms with E-state index in [9.17, 15) is 22.8 Å². The average Bonchev–Trinajstić information content (AvgIpc) is 2.67. The first-order valence-electron chi connectivity index (χ1n) is 8.61. The van der Waals surface area contributed by atoms with E-state index in [0.29, 0.717) is 5.70 Å². The van der Waals surface area contributed by atoms with Crippen molar-refractivity contribution in [1.82, 2.24) is 0 Å². The molecule has 0 radical (unpaired) electrons. The Hall–Kier alpha value is -3.09. The fraction of sp³-hybridized carbons (Fsp3) is 0.238. The van der Waals surface area contributed by atoms with E-state index in [1.54, 1.807) is 24.3 Å². The minimum atomic E-state index is -4.46. The maximum absolute atomic E-state index is 12.9. The van der Waals surface area contributed by atoms with Gasteiger partial charge in [-0.3, -0.25) is 9.59 Å². The minimum Gasteiger partial charge on any atom is -0.468 e. The predicted molar refractivity (Wildman–Crippen MR) is 97.5 cm³/mol. The summed E-state index contributed by atoms with van der Waals surface area (Å²) in [6.45, 7) is 0. The number of halogens is 3. The maximum Gasteiger partial charge on any atom is 0.416 e. The second-order valence-corrected chi connectivity index (χ2v) is 6.50. The number of esters is 1. The van der Waals surface area contributed by atoms with Gasteiger partial charge in [-0.05, 0) is 30.2 Å². The van der Waals surface area contributed by atoms with Gasteiger partial charge in [0.15, 0.2) is 5.78 Å². The third-order valence-electron chi connectivity index (χ3n) is 4.64. The summed E-state index contributed by atoms with van der Waals surface area (Å²) in [5.41, 5.74) is 0.658. The lowest BCUT2D eigenvalue weighted by atomic mass is 9.76. The Morgan fingerprint density at radius 3 is 2.46 bits per heavy atom. The summed E-state index contributed by atoms with van der Waals surface area (Å²) in [6.07, 6.45) is -2.91. The van der Waals surface area contributed by atoms with Crippen molar-refractivity contribution in [3.63, 3.8) is 0 Å². The highest BCUT2D eigenvalue weighted by Gasteiger charge is 2.39. The maximum atomic E-state index is 12.9. The largest absolute Gasteiger partial charge is 0.468 e. The number of allylic oxidation sites excluding steroid dienone is 2. The third kappa shape index (κ3) is 4.24. The molecule has 0 saturated carbocycles. The molecular weight excluding hydrogens is 371 g/mol. The number of anilines is 1. The molecule has 0 unspecified atom stereocenters. The molecule has 4 nitrogen and oxygen atoms in total. The van der Waals surface area contributed by atoms with Crippen molar-refractivity contribution in [2.24, 2.45) is 5.92 Å². The summed E-state index contributed by atoms with van der Waals surface area (Å²) in [5.74, 6) is -2.53. The number of ether oxygens (including phenoxy) is 1. The number of hydrogen-bond donors (Lipinski definition) is 1. The highest BCUT2D eigenvalue weighted by Crippen LogP contribution is 2.37. The molecule has 1 aliphatic carbocycles. The Kier molecular flexibility index (Phi) is 5.53. The molecule has 2 atom stereocenters. The fourth-order valence-electron chi connectivity index (χ4n) is 3.34. The summed E-state index contributed by atoms with van der Waals surface area (Å²) in [5, 5.41) is 2.89. The minimum absolute atomic E-state index is 0.220. The van der Waals surface area contributed by atoms with E-state index in [1.807, 2.05) is 6.07 Å². The van der Waals surface area contributed by atoms with Gasteiger partial charge in [0, 0.05) is 23.4 Å². The summed E-state index contributed by atoms with van der Waals surface area (Å²) < 4.78 is 43.6. The molecule has 0 heterocycles. The van der Waals surface area contributed by atoms with Crippen LogP contribution in [0, 0.1) is 5.92 Å². The van der Waals surface area contributed by atoms with E-state index in [0.717, 1.165) is 17.7 Å². The van der Waals surface area contributed by atoms with Crippen LogP contribution in [-0.4, -0.2) is 18.9 Å². The molecule has 146 valence electrons. The molecule has 1 N–H and O–H groups in total. The highest BCUT2D eigenvalue weighted by atomic mass is 19.4. The molecule has 0 saturated heterocycles. The van der Waals surface area contributed by atoms with E-state index in [2.05, 4.69) is 5.32 Å². The zero-order chi connectivity index (χ0) is 20.3. The van der Waals surface area contributed by atoms with Crippen LogP contribution < -0.4 is 5.32 Å². The van der Waals surface area contributed by atoms with Gasteiger partial charge in [-0.25, -0.2) is 0 Å². The van der Waals surface area contributed by atoms with Crippen LogP contribution in [0.15, 0.2) is 66.4 Å². The van der Waals surface area contributed by atoms with E-state index >= 15 is 0 Å². The van der Waals surface area contributed by atoms with Crippen molar-refractivity contribution in [1.29, 1.82) is 0 Å². The number of carbonyl (C=O) groups excluding carboxylic acids is 2. The van der Waals surface area contributed by atoms with Gasteiger partial charge in [-0.2, -0.15) is 13.2 Å². The molecule has 0 fully saturated rings. The molecule has 3 rings (SSSR count). The normalized spacial score (nSPS) is 19.7. The number of carbonyl (C=O) groups is 2. The summed E-state index contributed by atoms with van der Waals surface area (Å²) in [6, 6.07) is 13.8. The van der Waals surface area contributed by atoms with Gasteiger partial charge in [-0.1, -0.05) is 36.4 Å². The van der Waals surface area contributed by atoms with Crippen LogP contribution >= 0.6 is 0 Å². The Labute approximate surface area is 160 Å². The van der Waals surface area contributed by atoms with Crippen LogP contribution in [0.3, 0.4) is 0 Å². The molecular formula is C21H18F3NO3. The summed E-state index contributed by atoms with van der Waals surface area (Å²) >= 11 is 0. The van der Waals surface area contributed by atoms with E-state index in [-0.39, 0.29) is 12.1 Å². The van der Waals surface area contributed by atoms with Gasteiger partial charge in [0.1, 0.15) is 5.92 Å². The van der Waals surface area contributed by atoms with Gasteiger partial charge >= 0.3 is 12.1 Å². The van der Waals surface area contributed by atoms with Crippen LogP contribution in [0.1, 0.15) is 23.5 Å². The number of benzene rings is 2. The molecule has 2 aromatic rings. The predicted octanol–water partition coefficient (Wildman–Crippen LogP) is 4.55. The molecule has 0 amide bonds. The Bertz CT molecular complexity index is 907. The zero-order valence-electron chi connectivity index (χ0n) is 15.0. The van der Waals surface area contributed by atoms with Gasteiger partial charge in [0.25, 0.3) is 0 Å². The first-order chi connectivity index (χ1) is 13.3. The third-order valence-corrected chi connectivity index (χ3v) is 4.64. The fourth-order valence-corrected chi connectivity index (χ4v) is 3.34. The molecule has 28 heavy (non-hydrogen) atoms. The Morgan fingerprint density at radius 2 is 1.82 bits per heavy atom. The van der Waals surface area contributed by atoms with Crippen LogP contribution in [0.2, 0.25) is 0 Å². The molecule has 0 aromatic heterocycles. The van der Waals surface area contributed by atoms with Gasteiger partial charge in [0.05, 0.1) is 12.7 Å². The summed E-state index contributed by atoms with van der Waals surface area (Å²) in [4.78, 5) is 24.8. The van der Waals surface area contributed by atoms with Crippen LogP contribution in [0.4, 0.5) is 18.9 Å². The Morgan fingerprint density at radius 1 is 1.11 bits per heavy atom. The van der Waals surface area contributed by atoms with Gasteiger partial charge < -0.3 is 10.1 Å². The van der Waals surface area contributed by atoms with E-state index < -0.39 is 35.3 Å². The number of ketones is 1. The lowest BCUT2D eigenvalue weighted by Crippen LogP contribution is -2.34. The number of methoxy groups -OCH3 is 1. The topological polar surface area (TPSA) is 55.4 Å². The average molecular weight is 389 g/mol. The van der Waals surface area contributed by atoms with Crippen molar-refractivity contribution in [2.45, 2.75) is 18.5 Å². The molecule has 2 aromatic carbocycles. The molecule has 0 bridgehead atoms. The lowest BCUT2D eigenvalue weighted by molar-refractivity contribution is -0.149. The van der Waals surface area contributed by atoms with Crippen molar-refractivity contribution in [3.8, 4) is 0 Å². The van der Waals surface area contributed by atoms with Crippen LogP contribution in [-0.2, 0) is 20.5 Å². The number of alkyl halides is 3. The number of hydrogen-bond acceptors (Lipinski definition) is 4. The monoisotopic (exact) mass is 389 g/mol. The Balaban J connectivity index is 1.91. The molecule has 7 heteroatoms. The number of rotatable bonds is 4. The molecule has 0 aliphatic heterocycles. The first kappa shape index (κ1) is 19.7. The van der Waals surface area contributed by atoms with Crippen molar-refractivity contribution in [3.05, 3.63) is 77.5 Å². The quantitative estimate of drug-likeness (QED) is 0.616. The summed E-state index contributed by atoms with van der Waals surface area (Å²) in [7, 11) is 1.22.